The molecular weight excluding hydrogens is 414 g/mol. The first-order valence-electron chi connectivity index (χ1n) is 10.3. The number of ketones is 1. The molecule has 0 N–H and O–H groups in total. The van der Waals surface area contributed by atoms with E-state index in [2.05, 4.69) is 0 Å². The number of rotatable bonds is 5. The lowest BCUT2D eigenvalue weighted by molar-refractivity contribution is -0.144. The fourth-order valence-electron chi connectivity index (χ4n) is 4.49. The molecule has 158 valence electrons. The summed E-state index contributed by atoms with van der Waals surface area (Å²) in [6.45, 7) is 1.03. The van der Waals surface area contributed by atoms with E-state index in [1.165, 1.54) is 24.1 Å². The minimum Gasteiger partial charge on any atom is -0.453 e. The molecule has 0 fully saturated rings. The minimum atomic E-state index is -3.86. The summed E-state index contributed by atoms with van der Waals surface area (Å²) in [5.41, 5.74) is 3.38. The highest BCUT2D eigenvalue weighted by molar-refractivity contribution is 7.93. The Hall–Kier alpha value is -3.19. The van der Waals surface area contributed by atoms with Crippen molar-refractivity contribution in [3.8, 4) is 0 Å². The summed E-state index contributed by atoms with van der Waals surface area (Å²) in [7, 11) is -3.86. The molecule has 0 bridgehead atoms. The zero-order chi connectivity index (χ0) is 21.8. The average molecular weight is 436 g/mol. The van der Waals surface area contributed by atoms with Gasteiger partial charge in [-0.25, -0.2) is 8.42 Å². The number of carbonyl (C=O) groups is 2. The summed E-state index contributed by atoms with van der Waals surface area (Å²) in [5.74, 6) is -1.06. The molecule has 0 amide bonds. The van der Waals surface area contributed by atoms with Crippen molar-refractivity contribution < 1.29 is 22.7 Å². The predicted octanol–water partition coefficient (Wildman–Crippen LogP) is 3.65. The van der Waals surface area contributed by atoms with Crippen LogP contribution in [0.4, 0.5) is 5.69 Å². The van der Waals surface area contributed by atoms with Crippen LogP contribution in [0.5, 0.6) is 0 Å². The zero-order valence-electron chi connectivity index (χ0n) is 17.0. The van der Waals surface area contributed by atoms with E-state index in [9.17, 15) is 18.0 Å². The highest BCUT2D eigenvalue weighted by atomic mass is 32.2. The number of nitrogens with zero attached hydrogens (tertiary/aromatic N) is 1. The molecule has 3 aromatic rings. The van der Waals surface area contributed by atoms with Crippen LogP contribution in [0.25, 0.3) is 10.8 Å². The summed E-state index contributed by atoms with van der Waals surface area (Å²) in [6, 6.07) is 15.9. The van der Waals surface area contributed by atoms with E-state index in [-0.39, 0.29) is 10.7 Å². The Morgan fingerprint density at radius 2 is 1.77 bits per heavy atom. The predicted molar refractivity (Wildman–Crippen MR) is 117 cm³/mol. The lowest BCUT2D eigenvalue weighted by atomic mass is 10.0. The van der Waals surface area contributed by atoms with Gasteiger partial charge in [0.2, 0.25) is 5.78 Å². The highest BCUT2D eigenvalue weighted by Crippen LogP contribution is 2.41. The van der Waals surface area contributed by atoms with E-state index in [4.69, 9.17) is 4.74 Å². The third kappa shape index (κ3) is 3.20. The first-order chi connectivity index (χ1) is 14.9. The molecule has 1 heterocycles. The number of anilines is 1. The number of aryl methyl sites for hydroxylation is 2. The lowest BCUT2D eigenvalue weighted by Crippen LogP contribution is -2.36. The number of benzene rings is 3. The summed E-state index contributed by atoms with van der Waals surface area (Å²) in [6.07, 6.45) is 2.05. The molecule has 1 aliphatic carbocycles. The molecule has 0 radical (unpaired) electrons. The molecule has 31 heavy (non-hydrogen) atoms. The normalized spacial score (nSPS) is 16.9. The highest BCUT2D eigenvalue weighted by Gasteiger charge is 2.37. The number of ether oxygens (including phenoxy) is 1. The number of fused-ring (bicyclic) bond motifs is 1. The minimum absolute atomic E-state index is 0.177. The second-order valence-electron chi connectivity index (χ2n) is 7.98. The van der Waals surface area contributed by atoms with Gasteiger partial charge in [-0.15, -0.1) is 0 Å². The number of sulfonamides is 1. The molecule has 2 aliphatic rings. The molecule has 0 spiro atoms. The van der Waals surface area contributed by atoms with Gasteiger partial charge in [0.05, 0.1) is 10.6 Å². The second-order valence-corrected chi connectivity index (χ2v) is 9.81. The number of carbonyl (C=O) groups excluding carboxylic acids is 2. The van der Waals surface area contributed by atoms with Gasteiger partial charge in [-0.05, 0) is 60.9 Å². The van der Waals surface area contributed by atoms with Gasteiger partial charge < -0.3 is 4.74 Å². The van der Waals surface area contributed by atoms with Crippen LogP contribution in [0, 0.1) is 0 Å². The number of esters is 1. The van der Waals surface area contributed by atoms with Gasteiger partial charge in [0.15, 0.2) is 6.10 Å². The van der Waals surface area contributed by atoms with Gasteiger partial charge in [-0.2, -0.15) is 0 Å². The number of Topliss-reactive ketones (excluding diaryl/α,β-unsaturated/α-hetero) is 1. The van der Waals surface area contributed by atoms with Crippen molar-refractivity contribution in [1.29, 1.82) is 0 Å². The van der Waals surface area contributed by atoms with Crippen LogP contribution in [0.3, 0.4) is 0 Å². The third-order valence-electron chi connectivity index (χ3n) is 6.01. The Kier molecular flexibility index (Phi) is 4.59. The quantitative estimate of drug-likeness (QED) is 0.451. The van der Waals surface area contributed by atoms with Crippen molar-refractivity contribution in [2.45, 2.75) is 37.2 Å². The molecule has 6 nitrogen and oxygen atoms in total. The maximum Gasteiger partial charge on any atom is 0.327 e. The molecule has 7 heteroatoms. The second kappa shape index (κ2) is 7.20. The molecule has 5 rings (SSSR count). The average Bonchev–Trinajstić information content (AvgIpc) is 3.31. The summed E-state index contributed by atoms with van der Waals surface area (Å²) in [5, 5.41) is 1.38. The molecule has 1 unspecified atom stereocenters. The molecule has 0 saturated heterocycles. The first kappa shape index (κ1) is 19.8. The molecule has 0 saturated carbocycles. The number of hydrogen-bond acceptors (Lipinski definition) is 5. The van der Waals surface area contributed by atoms with Crippen LogP contribution in [-0.4, -0.2) is 32.8 Å². The van der Waals surface area contributed by atoms with Crippen LogP contribution in [0.1, 0.15) is 34.8 Å². The topological polar surface area (TPSA) is 80.8 Å². The van der Waals surface area contributed by atoms with E-state index in [0.29, 0.717) is 16.6 Å². The number of hydrogen-bond donors (Lipinski definition) is 0. The van der Waals surface area contributed by atoms with Crippen LogP contribution in [0.15, 0.2) is 59.5 Å². The lowest BCUT2D eigenvalue weighted by Gasteiger charge is -2.19. The van der Waals surface area contributed by atoms with E-state index < -0.39 is 28.6 Å². The van der Waals surface area contributed by atoms with Crippen LogP contribution in [-0.2, 0) is 32.4 Å². The fourth-order valence-corrected chi connectivity index (χ4v) is 6.15. The summed E-state index contributed by atoms with van der Waals surface area (Å²) in [4.78, 5) is 25.6. The van der Waals surface area contributed by atoms with Gasteiger partial charge in [-0.3, -0.25) is 13.9 Å². The third-order valence-corrected chi connectivity index (χ3v) is 7.82. The van der Waals surface area contributed by atoms with Gasteiger partial charge >= 0.3 is 5.97 Å². The van der Waals surface area contributed by atoms with Crippen LogP contribution >= 0.6 is 0 Å². The zero-order valence-corrected chi connectivity index (χ0v) is 17.8. The van der Waals surface area contributed by atoms with E-state index in [0.717, 1.165) is 29.0 Å². The summed E-state index contributed by atoms with van der Waals surface area (Å²) >= 11 is 0. The standard InChI is InChI=1S/C24H21NO5S/c1-15(24(27)19-12-11-16-5-2-8-18(16)13-19)30-22(26)14-25-20-9-3-6-17-7-4-10-21(23(17)20)31(25,28)29/h3-4,6-7,9-13,15H,2,5,8,14H2,1H3. The van der Waals surface area contributed by atoms with Gasteiger partial charge in [0, 0.05) is 10.9 Å². The van der Waals surface area contributed by atoms with Crippen molar-refractivity contribution in [3.05, 3.63) is 71.3 Å². The Balaban J connectivity index is 1.34. The van der Waals surface area contributed by atoms with Crippen molar-refractivity contribution in [1.82, 2.24) is 0 Å². The maximum absolute atomic E-state index is 13.0. The van der Waals surface area contributed by atoms with Crippen LogP contribution in [0.2, 0.25) is 0 Å². The molecule has 3 aromatic carbocycles. The molecule has 0 aromatic heterocycles. The smallest absolute Gasteiger partial charge is 0.327 e. The largest absolute Gasteiger partial charge is 0.453 e. The Bertz CT molecular complexity index is 1340. The molecule has 1 aliphatic heterocycles. The van der Waals surface area contributed by atoms with Crippen molar-refractivity contribution in [3.63, 3.8) is 0 Å². The Morgan fingerprint density at radius 3 is 2.58 bits per heavy atom. The van der Waals surface area contributed by atoms with Gasteiger partial charge in [0.25, 0.3) is 10.0 Å². The van der Waals surface area contributed by atoms with E-state index in [1.807, 2.05) is 24.3 Å². The SMILES string of the molecule is CC(OC(=O)CN1c2cccc3cccc(c23)S1(=O)=O)C(=O)c1ccc2c(c1)CCC2. The molecular formula is C24H21NO5S. The maximum atomic E-state index is 13.0. The Morgan fingerprint density at radius 1 is 1.03 bits per heavy atom. The van der Waals surface area contributed by atoms with E-state index in [1.54, 1.807) is 24.3 Å². The summed E-state index contributed by atoms with van der Waals surface area (Å²) < 4.78 is 32.4. The first-order valence-corrected chi connectivity index (χ1v) is 11.7. The monoisotopic (exact) mass is 435 g/mol. The van der Waals surface area contributed by atoms with Crippen molar-refractivity contribution in [2.75, 3.05) is 10.8 Å². The van der Waals surface area contributed by atoms with Crippen molar-refractivity contribution in [2.24, 2.45) is 0 Å². The van der Waals surface area contributed by atoms with Gasteiger partial charge in [0.1, 0.15) is 6.54 Å². The van der Waals surface area contributed by atoms with Gasteiger partial charge in [-0.1, -0.05) is 36.4 Å². The Labute approximate surface area is 180 Å². The molecule has 1 atom stereocenters. The fraction of sp³-hybridized carbons (Fsp3) is 0.250. The van der Waals surface area contributed by atoms with Crippen molar-refractivity contribution >= 4 is 38.2 Å². The van der Waals surface area contributed by atoms with E-state index >= 15 is 0 Å². The van der Waals surface area contributed by atoms with Crippen LogP contribution < -0.4 is 4.31 Å².